The quantitative estimate of drug-likeness (QED) is 0.618. The predicted octanol–water partition coefficient (Wildman–Crippen LogP) is 5.45. The highest BCUT2D eigenvalue weighted by molar-refractivity contribution is 6.06. The van der Waals surface area contributed by atoms with E-state index in [4.69, 9.17) is 4.74 Å². The van der Waals surface area contributed by atoms with Gasteiger partial charge in [0.05, 0.1) is 17.9 Å². The lowest BCUT2D eigenvalue weighted by molar-refractivity contribution is 0.0982. The molecule has 0 saturated heterocycles. The molecule has 0 saturated carbocycles. The van der Waals surface area contributed by atoms with Crippen molar-refractivity contribution in [2.24, 2.45) is 0 Å². The van der Waals surface area contributed by atoms with Gasteiger partial charge in [0.25, 0.3) is 5.91 Å². The van der Waals surface area contributed by atoms with Gasteiger partial charge in [-0.2, -0.15) is 0 Å². The molecule has 0 aliphatic carbocycles. The second-order valence-electron chi connectivity index (χ2n) is 7.13. The Balaban J connectivity index is 1.55. The van der Waals surface area contributed by atoms with E-state index in [9.17, 15) is 9.59 Å². The third kappa shape index (κ3) is 4.06. The Morgan fingerprint density at radius 2 is 1.73 bits per heavy atom. The lowest BCUT2D eigenvalue weighted by atomic mass is 10.1. The van der Waals surface area contributed by atoms with Crippen molar-refractivity contribution in [1.29, 1.82) is 0 Å². The van der Waals surface area contributed by atoms with Crippen LogP contribution in [0.25, 0.3) is 0 Å². The molecule has 0 bridgehead atoms. The zero-order valence-electron chi connectivity index (χ0n) is 16.9. The number of carbonyl (C=O) groups excluding carboxylic acids is 2. The van der Waals surface area contributed by atoms with Gasteiger partial charge in [-0.3, -0.25) is 9.59 Å². The Morgan fingerprint density at radius 3 is 2.53 bits per heavy atom. The molecule has 0 spiro atoms. The topological polar surface area (TPSA) is 58.6 Å². The number of hydrogen-bond donors (Lipinski definition) is 1. The summed E-state index contributed by atoms with van der Waals surface area (Å²) in [7, 11) is 0. The molecule has 3 aromatic rings. The number of carbonyl (C=O) groups is 2. The molecule has 5 nitrogen and oxygen atoms in total. The average Bonchev–Trinajstić information content (AvgIpc) is 2.94. The van der Waals surface area contributed by atoms with Crippen LogP contribution in [0.5, 0.6) is 5.75 Å². The minimum atomic E-state index is -0.211. The maximum Gasteiger partial charge on any atom is 0.259 e. The predicted molar refractivity (Wildman–Crippen MR) is 119 cm³/mol. The Hall–Kier alpha value is -3.60. The van der Waals surface area contributed by atoms with Crippen LogP contribution < -0.4 is 15.0 Å². The molecule has 0 aromatic heterocycles. The van der Waals surface area contributed by atoms with Gasteiger partial charge in [0.15, 0.2) is 5.78 Å². The molecular weight excluding hydrogens is 376 g/mol. The average molecular weight is 400 g/mol. The highest BCUT2D eigenvalue weighted by atomic mass is 16.5. The molecule has 0 fully saturated rings. The summed E-state index contributed by atoms with van der Waals surface area (Å²) < 4.78 is 5.55. The molecule has 1 aliphatic rings. The lowest BCUT2D eigenvalue weighted by Gasteiger charge is -2.25. The number of benzene rings is 3. The third-order valence-corrected chi connectivity index (χ3v) is 5.15. The minimum absolute atomic E-state index is 0.185. The fourth-order valence-corrected chi connectivity index (χ4v) is 3.72. The highest BCUT2D eigenvalue weighted by Crippen LogP contribution is 2.33. The first-order valence-corrected chi connectivity index (χ1v) is 10.2. The molecule has 4 rings (SSSR count). The summed E-state index contributed by atoms with van der Waals surface area (Å²) >= 11 is 0. The largest absolute Gasteiger partial charge is 0.493 e. The van der Waals surface area contributed by atoms with Gasteiger partial charge in [0, 0.05) is 29.9 Å². The maximum absolute atomic E-state index is 12.7. The second-order valence-corrected chi connectivity index (χ2v) is 7.13. The number of rotatable bonds is 5. The molecule has 1 heterocycles. The summed E-state index contributed by atoms with van der Waals surface area (Å²) in [6.07, 6.45) is 1.36. The fourth-order valence-electron chi connectivity index (χ4n) is 3.72. The van der Waals surface area contributed by atoms with Gasteiger partial charge < -0.3 is 15.0 Å². The summed E-state index contributed by atoms with van der Waals surface area (Å²) in [6, 6.07) is 22.6. The van der Waals surface area contributed by atoms with E-state index in [1.54, 1.807) is 12.1 Å². The van der Waals surface area contributed by atoms with E-state index >= 15 is 0 Å². The fraction of sp³-hybridized carbons (Fsp3) is 0.200. The normalized spacial score (nSPS) is 13.4. The number of anilines is 3. The SMILES string of the molecule is CCOc1ccccc1C(=O)Nc1ccc(N2CCCC(=O)c3ccccc32)cc1. The molecule has 152 valence electrons. The zero-order valence-corrected chi connectivity index (χ0v) is 16.9. The number of para-hydroxylation sites is 2. The van der Waals surface area contributed by atoms with Crippen LogP contribution in [0.4, 0.5) is 17.1 Å². The van der Waals surface area contributed by atoms with Gasteiger partial charge in [-0.05, 0) is 61.9 Å². The van der Waals surface area contributed by atoms with Crippen molar-refractivity contribution in [1.82, 2.24) is 0 Å². The van der Waals surface area contributed by atoms with Gasteiger partial charge in [-0.25, -0.2) is 0 Å². The van der Waals surface area contributed by atoms with E-state index in [-0.39, 0.29) is 11.7 Å². The van der Waals surface area contributed by atoms with Crippen LogP contribution in [0, 0.1) is 0 Å². The van der Waals surface area contributed by atoms with Gasteiger partial charge in [0.2, 0.25) is 0 Å². The number of ether oxygens (including phenoxy) is 1. The van der Waals surface area contributed by atoms with Gasteiger partial charge in [0.1, 0.15) is 5.75 Å². The van der Waals surface area contributed by atoms with Gasteiger partial charge >= 0.3 is 0 Å². The lowest BCUT2D eigenvalue weighted by Crippen LogP contribution is -2.18. The van der Waals surface area contributed by atoms with E-state index in [2.05, 4.69) is 10.2 Å². The summed E-state index contributed by atoms with van der Waals surface area (Å²) in [4.78, 5) is 27.2. The number of nitrogens with one attached hydrogen (secondary N) is 1. The number of amides is 1. The molecule has 1 amide bonds. The Kier molecular flexibility index (Phi) is 5.80. The highest BCUT2D eigenvalue weighted by Gasteiger charge is 2.21. The van der Waals surface area contributed by atoms with Crippen molar-refractivity contribution in [2.75, 3.05) is 23.4 Å². The maximum atomic E-state index is 12.7. The Labute approximate surface area is 176 Å². The van der Waals surface area contributed by atoms with E-state index in [1.165, 1.54) is 0 Å². The van der Waals surface area contributed by atoms with Crippen molar-refractivity contribution in [3.8, 4) is 5.75 Å². The molecule has 0 unspecified atom stereocenters. The number of Topliss-reactive ketones (excluding diaryl/α,β-unsaturated/α-hetero) is 1. The second kappa shape index (κ2) is 8.82. The first-order chi connectivity index (χ1) is 14.7. The van der Waals surface area contributed by atoms with Crippen LogP contribution in [0.1, 0.15) is 40.5 Å². The smallest absolute Gasteiger partial charge is 0.259 e. The van der Waals surface area contributed by atoms with Gasteiger partial charge in [-0.15, -0.1) is 0 Å². The Morgan fingerprint density at radius 1 is 1.00 bits per heavy atom. The third-order valence-electron chi connectivity index (χ3n) is 5.15. The molecule has 1 aliphatic heterocycles. The van der Waals surface area contributed by atoms with Crippen molar-refractivity contribution in [2.45, 2.75) is 19.8 Å². The molecule has 1 N–H and O–H groups in total. The molecule has 30 heavy (non-hydrogen) atoms. The van der Waals surface area contributed by atoms with E-state index in [0.29, 0.717) is 30.0 Å². The van der Waals surface area contributed by atoms with Gasteiger partial charge in [-0.1, -0.05) is 24.3 Å². The van der Waals surface area contributed by atoms with E-state index in [0.717, 1.165) is 29.9 Å². The first-order valence-electron chi connectivity index (χ1n) is 10.2. The van der Waals surface area contributed by atoms with Crippen LogP contribution in [0.15, 0.2) is 72.8 Å². The summed E-state index contributed by atoms with van der Waals surface area (Å²) in [5.41, 5.74) is 3.89. The Bertz CT molecular complexity index is 1060. The minimum Gasteiger partial charge on any atom is -0.493 e. The van der Waals surface area contributed by atoms with Crippen molar-refractivity contribution in [3.63, 3.8) is 0 Å². The standard InChI is InChI=1S/C25H24N2O3/c1-2-30-24-12-6-4-9-21(24)25(29)26-18-13-15-19(16-14-18)27-17-7-11-23(28)20-8-3-5-10-22(20)27/h3-6,8-10,12-16H,2,7,11,17H2,1H3,(H,26,29). The van der Waals surface area contributed by atoms with Crippen LogP contribution in [0.3, 0.4) is 0 Å². The van der Waals surface area contributed by atoms with Crippen molar-refractivity contribution >= 4 is 28.8 Å². The number of ketones is 1. The zero-order chi connectivity index (χ0) is 20.9. The summed E-state index contributed by atoms with van der Waals surface area (Å²) in [6.45, 7) is 3.16. The first kappa shape index (κ1) is 19.7. The number of hydrogen-bond acceptors (Lipinski definition) is 4. The van der Waals surface area contributed by atoms with Crippen LogP contribution in [0.2, 0.25) is 0 Å². The van der Waals surface area contributed by atoms with Crippen LogP contribution in [-0.4, -0.2) is 24.8 Å². The number of nitrogens with zero attached hydrogens (tertiary/aromatic N) is 1. The molecule has 0 atom stereocenters. The summed E-state index contributed by atoms with van der Waals surface area (Å²) in [5.74, 6) is 0.544. The van der Waals surface area contributed by atoms with Crippen LogP contribution >= 0.6 is 0 Å². The van der Waals surface area contributed by atoms with E-state index in [1.807, 2.05) is 67.6 Å². The van der Waals surface area contributed by atoms with E-state index < -0.39 is 0 Å². The van der Waals surface area contributed by atoms with Crippen LogP contribution in [-0.2, 0) is 0 Å². The van der Waals surface area contributed by atoms with Crippen molar-refractivity contribution in [3.05, 3.63) is 83.9 Å². The molecule has 0 radical (unpaired) electrons. The number of fused-ring (bicyclic) bond motifs is 1. The molecule has 5 heteroatoms. The summed E-state index contributed by atoms with van der Waals surface area (Å²) in [5, 5.41) is 2.93. The molecular formula is C25H24N2O3. The monoisotopic (exact) mass is 400 g/mol. The van der Waals surface area contributed by atoms with Crippen molar-refractivity contribution < 1.29 is 14.3 Å². The molecule has 3 aromatic carbocycles.